The standard InChI is InChI=1S/C19H28F3N3O2.C2H6/c1-3-9-25(4-2)18(26)14-27-17-12-16(19(20,21)22)6-5-15(17)13-24-10-7-23-8-11-24;1-2/h5-6,12,23H,3-4,7-11,13-14H2,1-2H3;1-2H3. The van der Waals surface area contributed by atoms with E-state index in [0.717, 1.165) is 44.7 Å². The smallest absolute Gasteiger partial charge is 0.416 e. The zero-order chi connectivity index (χ0) is 21.9. The zero-order valence-corrected chi connectivity index (χ0v) is 17.9. The van der Waals surface area contributed by atoms with E-state index in [-0.39, 0.29) is 18.3 Å². The third-order valence-electron chi connectivity index (χ3n) is 4.58. The minimum Gasteiger partial charge on any atom is -0.483 e. The SMILES string of the molecule is CC.CCCN(CC)C(=O)COc1cc(C(F)(F)F)ccc1CN1CCNCC1. The van der Waals surface area contributed by atoms with Crippen molar-refractivity contribution in [1.29, 1.82) is 0 Å². The minimum absolute atomic E-state index is 0.129. The lowest BCUT2D eigenvalue weighted by molar-refractivity contribution is -0.137. The van der Waals surface area contributed by atoms with Gasteiger partial charge in [-0.15, -0.1) is 0 Å². The average Bonchev–Trinajstić information content (AvgIpc) is 2.72. The lowest BCUT2D eigenvalue weighted by atomic mass is 10.1. The molecule has 1 heterocycles. The first kappa shape index (κ1) is 25.2. The number of nitrogens with one attached hydrogen (secondary N) is 1. The third-order valence-corrected chi connectivity index (χ3v) is 4.58. The molecule has 1 amide bonds. The van der Waals surface area contributed by atoms with E-state index in [9.17, 15) is 18.0 Å². The summed E-state index contributed by atoms with van der Waals surface area (Å²) >= 11 is 0. The van der Waals surface area contributed by atoms with Gasteiger partial charge in [-0.1, -0.05) is 26.8 Å². The molecule has 1 N–H and O–H groups in total. The van der Waals surface area contributed by atoms with Crippen LogP contribution in [0.25, 0.3) is 0 Å². The van der Waals surface area contributed by atoms with Crippen LogP contribution in [-0.2, 0) is 17.5 Å². The number of carbonyl (C=O) groups excluding carboxylic acids is 1. The maximum atomic E-state index is 13.1. The number of likely N-dealkylation sites (N-methyl/N-ethyl adjacent to an activating group) is 1. The number of rotatable bonds is 8. The fourth-order valence-corrected chi connectivity index (χ4v) is 3.07. The van der Waals surface area contributed by atoms with Gasteiger partial charge in [0.05, 0.1) is 5.56 Å². The molecule has 2 rings (SSSR count). The number of hydrogen-bond acceptors (Lipinski definition) is 4. The Kier molecular flexibility index (Phi) is 11.0. The molecule has 0 bridgehead atoms. The van der Waals surface area contributed by atoms with Gasteiger partial charge in [0.2, 0.25) is 0 Å². The van der Waals surface area contributed by atoms with Crippen LogP contribution in [0.2, 0.25) is 0 Å². The first-order valence-electron chi connectivity index (χ1n) is 10.4. The van der Waals surface area contributed by atoms with E-state index in [2.05, 4.69) is 10.2 Å². The lowest BCUT2D eigenvalue weighted by Gasteiger charge is -2.28. The number of piperazine rings is 1. The van der Waals surface area contributed by atoms with Crippen LogP contribution in [0.5, 0.6) is 5.75 Å². The van der Waals surface area contributed by atoms with E-state index in [4.69, 9.17) is 4.74 Å². The van der Waals surface area contributed by atoms with E-state index in [1.807, 2.05) is 27.7 Å². The van der Waals surface area contributed by atoms with Gasteiger partial charge in [-0.2, -0.15) is 13.2 Å². The number of benzene rings is 1. The van der Waals surface area contributed by atoms with Crippen LogP contribution < -0.4 is 10.1 Å². The Morgan fingerprint density at radius 3 is 2.41 bits per heavy atom. The van der Waals surface area contributed by atoms with Crippen LogP contribution in [0.15, 0.2) is 18.2 Å². The second-order valence-corrected chi connectivity index (χ2v) is 6.61. The monoisotopic (exact) mass is 417 g/mol. The summed E-state index contributed by atoms with van der Waals surface area (Å²) in [5, 5.41) is 3.24. The topological polar surface area (TPSA) is 44.8 Å². The van der Waals surface area contributed by atoms with Crippen LogP contribution in [-0.4, -0.2) is 61.6 Å². The summed E-state index contributed by atoms with van der Waals surface area (Å²) < 4.78 is 44.8. The number of amides is 1. The molecule has 1 aromatic carbocycles. The summed E-state index contributed by atoms with van der Waals surface area (Å²) in [5.41, 5.74) is -0.105. The largest absolute Gasteiger partial charge is 0.483 e. The molecule has 0 atom stereocenters. The first-order chi connectivity index (χ1) is 13.8. The van der Waals surface area contributed by atoms with E-state index in [1.165, 1.54) is 6.07 Å². The molecule has 1 fully saturated rings. The molecule has 1 aromatic rings. The minimum atomic E-state index is -4.45. The fourth-order valence-electron chi connectivity index (χ4n) is 3.07. The molecular weight excluding hydrogens is 383 g/mol. The number of hydrogen-bond donors (Lipinski definition) is 1. The highest BCUT2D eigenvalue weighted by Crippen LogP contribution is 2.33. The second kappa shape index (κ2) is 12.7. The molecule has 1 aliphatic rings. The second-order valence-electron chi connectivity index (χ2n) is 6.61. The van der Waals surface area contributed by atoms with Gasteiger partial charge in [0.1, 0.15) is 5.75 Å². The van der Waals surface area contributed by atoms with Crippen molar-refractivity contribution in [3.63, 3.8) is 0 Å². The van der Waals surface area contributed by atoms with Gasteiger partial charge in [0.15, 0.2) is 6.61 Å². The maximum Gasteiger partial charge on any atom is 0.416 e. The number of alkyl halides is 3. The van der Waals surface area contributed by atoms with Gasteiger partial charge in [-0.25, -0.2) is 0 Å². The molecule has 0 aliphatic carbocycles. The first-order valence-corrected chi connectivity index (χ1v) is 10.4. The van der Waals surface area contributed by atoms with Crippen molar-refractivity contribution in [2.75, 3.05) is 45.9 Å². The summed E-state index contributed by atoms with van der Waals surface area (Å²) in [4.78, 5) is 16.1. The maximum absolute atomic E-state index is 13.1. The highest BCUT2D eigenvalue weighted by Gasteiger charge is 2.31. The van der Waals surface area contributed by atoms with E-state index in [0.29, 0.717) is 25.2 Å². The van der Waals surface area contributed by atoms with Gasteiger partial charge in [-0.3, -0.25) is 9.69 Å². The molecular formula is C21H34F3N3O2. The van der Waals surface area contributed by atoms with E-state index < -0.39 is 11.7 Å². The Labute approximate surface area is 172 Å². The molecule has 29 heavy (non-hydrogen) atoms. The summed E-state index contributed by atoms with van der Waals surface area (Å²) in [7, 11) is 0. The van der Waals surface area contributed by atoms with E-state index >= 15 is 0 Å². The summed E-state index contributed by atoms with van der Waals surface area (Å²) in [6.07, 6.45) is -3.63. The van der Waals surface area contributed by atoms with Gasteiger partial charge >= 0.3 is 6.18 Å². The molecule has 1 saturated heterocycles. The molecule has 8 heteroatoms. The molecule has 166 valence electrons. The number of halogens is 3. The highest BCUT2D eigenvalue weighted by atomic mass is 19.4. The summed E-state index contributed by atoms with van der Waals surface area (Å²) in [6.45, 7) is 12.6. The van der Waals surface area contributed by atoms with Crippen LogP contribution >= 0.6 is 0 Å². The Morgan fingerprint density at radius 2 is 1.86 bits per heavy atom. The predicted octanol–water partition coefficient (Wildman–Crippen LogP) is 3.77. The van der Waals surface area contributed by atoms with Crippen molar-refractivity contribution < 1.29 is 22.7 Å². The van der Waals surface area contributed by atoms with E-state index in [1.54, 1.807) is 4.90 Å². The quantitative estimate of drug-likeness (QED) is 0.699. The highest BCUT2D eigenvalue weighted by molar-refractivity contribution is 5.77. The number of carbonyl (C=O) groups is 1. The average molecular weight is 418 g/mol. The van der Waals surface area contributed by atoms with Crippen molar-refractivity contribution >= 4 is 5.91 Å². The van der Waals surface area contributed by atoms with Crippen molar-refractivity contribution in [3.05, 3.63) is 29.3 Å². The number of nitrogens with zero attached hydrogens (tertiary/aromatic N) is 2. The lowest BCUT2D eigenvalue weighted by Crippen LogP contribution is -2.43. The Morgan fingerprint density at radius 1 is 1.21 bits per heavy atom. The normalized spacial score (nSPS) is 14.7. The molecule has 0 radical (unpaired) electrons. The van der Waals surface area contributed by atoms with Gasteiger partial charge < -0.3 is 15.0 Å². The Bertz CT molecular complexity index is 618. The number of ether oxygens (including phenoxy) is 1. The van der Waals surface area contributed by atoms with Crippen molar-refractivity contribution in [3.8, 4) is 5.75 Å². The summed E-state index contributed by atoms with van der Waals surface area (Å²) in [6, 6.07) is 3.52. The molecule has 0 aromatic heterocycles. The fraction of sp³-hybridized carbons (Fsp3) is 0.667. The van der Waals surface area contributed by atoms with Crippen LogP contribution in [0.4, 0.5) is 13.2 Å². The molecule has 1 aliphatic heterocycles. The zero-order valence-electron chi connectivity index (χ0n) is 17.9. The van der Waals surface area contributed by atoms with Crippen LogP contribution in [0.3, 0.4) is 0 Å². The Balaban J connectivity index is 0.00000204. The van der Waals surface area contributed by atoms with Crippen molar-refractivity contribution in [2.24, 2.45) is 0 Å². The van der Waals surface area contributed by atoms with Gasteiger partial charge in [-0.05, 0) is 25.5 Å². The van der Waals surface area contributed by atoms with Gasteiger partial charge in [0.25, 0.3) is 5.91 Å². The third kappa shape index (κ3) is 8.22. The predicted molar refractivity (Wildman–Crippen MR) is 109 cm³/mol. The van der Waals surface area contributed by atoms with Crippen molar-refractivity contribution in [1.82, 2.24) is 15.1 Å². The van der Waals surface area contributed by atoms with Crippen molar-refractivity contribution in [2.45, 2.75) is 46.8 Å². The molecule has 0 unspecified atom stereocenters. The molecule has 0 saturated carbocycles. The summed E-state index contributed by atoms with van der Waals surface area (Å²) in [5.74, 6) is -0.0888. The van der Waals surface area contributed by atoms with Gasteiger partial charge in [0, 0.05) is 51.4 Å². The van der Waals surface area contributed by atoms with Crippen LogP contribution in [0.1, 0.15) is 45.2 Å². The van der Waals surface area contributed by atoms with Crippen LogP contribution in [0, 0.1) is 0 Å². The Hall–Kier alpha value is -1.80. The molecule has 5 nitrogen and oxygen atoms in total. The molecule has 0 spiro atoms.